The maximum atomic E-state index is 11.5. The van der Waals surface area contributed by atoms with E-state index in [-0.39, 0.29) is 22.9 Å². The van der Waals surface area contributed by atoms with Gasteiger partial charge in [-0.1, -0.05) is 0 Å². The number of ether oxygens (including phenoxy) is 1. The van der Waals surface area contributed by atoms with Gasteiger partial charge in [0.2, 0.25) is 0 Å². The zero-order valence-electron chi connectivity index (χ0n) is 12.5. The molecule has 0 spiro atoms. The van der Waals surface area contributed by atoms with Crippen LogP contribution in [-0.4, -0.2) is 53.7 Å². The molecule has 23 heavy (non-hydrogen) atoms. The minimum atomic E-state index is -0.967. The van der Waals surface area contributed by atoms with E-state index >= 15 is 0 Å². The molecule has 1 amide bonds. The molecule has 1 aliphatic heterocycles. The number of anilines is 1. The van der Waals surface area contributed by atoms with Crippen molar-refractivity contribution in [2.75, 3.05) is 32.1 Å². The molecule has 0 unspecified atom stereocenters. The molecule has 1 fully saturated rings. The van der Waals surface area contributed by atoms with Gasteiger partial charge in [-0.05, 0) is 24.5 Å². The van der Waals surface area contributed by atoms with Gasteiger partial charge in [0.15, 0.2) is 0 Å². The number of carbonyl (C=O) groups excluding carboxylic acids is 1. The van der Waals surface area contributed by atoms with Crippen LogP contribution in [0.5, 0.6) is 0 Å². The zero-order chi connectivity index (χ0) is 17.0. The summed E-state index contributed by atoms with van der Waals surface area (Å²) in [6, 6.07) is 3.94. The molecule has 0 saturated carbocycles. The second kappa shape index (κ2) is 6.95. The Hall–Kier alpha value is -2.84. The van der Waals surface area contributed by atoms with Crippen molar-refractivity contribution in [2.45, 2.75) is 6.42 Å². The summed E-state index contributed by atoms with van der Waals surface area (Å²) in [6.07, 6.45) is -0.282. The topological polar surface area (TPSA) is 122 Å². The molecule has 0 aliphatic carbocycles. The second-order valence-electron chi connectivity index (χ2n) is 5.24. The van der Waals surface area contributed by atoms with Crippen molar-refractivity contribution >= 4 is 23.4 Å². The first kappa shape index (κ1) is 16.5. The Kier molecular flexibility index (Phi) is 4.99. The van der Waals surface area contributed by atoms with Gasteiger partial charge in [-0.25, -0.2) is 9.59 Å². The summed E-state index contributed by atoms with van der Waals surface area (Å²) in [5.74, 6) is -0.520. The molecular formula is C14H17N3O6. The molecule has 1 aromatic carbocycles. The van der Waals surface area contributed by atoms with Gasteiger partial charge >= 0.3 is 12.1 Å². The lowest BCUT2D eigenvalue weighted by Crippen LogP contribution is -2.28. The molecule has 0 radical (unpaired) electrons. The standard InChI is InChI=1S/C14H17N3O6/c1-23-13(18)10-2-3-12(17(21)22)11(6-10)15-7-9-4-5-16(8-9)14(19)20/h2-3,6,9,15H,4-5,7-8H2,1H3,(H,19,20)/t9-/m0/s1. The number of amides is 1. The highest BCUT2D eigenvalue weighted by Gasteiger charge is 2.26. The molecule has 1 aromatic rings. The molecule has 9 nitrogen and oxygen atoms in total. The lowest BCUT2D eigenvalue weighted by atomic mass is 10.1. The number of esters is 1. The zero-order valence-corrected chi connectivity index (χ0v) is 12.5. The van der Waals surface area contributed by atoms with Crippen LogP contribution < -0.4 is 5.32 Å². The molecule has 0 bridgehead atoms. The summed E-state index contributed by atoms with van der Waals surface area (Å²) in [6.45, 7) is 1.22. The van der Waals surface area contributed by atoms with E-state index in [1.807, 2.05) is 0 Å². The SMILES string of the molecule is COC(=O)c1ccc([N+](=O)[O-])c(NC[C@@H]2CCN(C(=O)O)C2)c1. The molecule has 1 saturated heterocycles. The van der Waals surface area contributed by atoms with Crippen LogP contribution in [-0.2, 0) is 4.74 Å². The number of rotatable bonds is 5. The van der Waals surface area contributed by atoms with Crippen molar-refractivity contribution in [3.8, 4) is 0 Å². The Morgan fingerprint density at radius 1 is 1.52 bits per heavy atom. The molecule has 2 N–H and O–H groups in total. The largest absolute Gasteiger partial charge is 0.465 e. The normalized spacial score (nSPS) is 16.9. The quantitative estimate of drug-likeness (QED) is 0.481. The van der Waals surface area contributed by atoms with Gasteiger partial charge in [-0.2, -0.15) is 0 Å². The van der Waals surface area contributed by atoms with Crippen LogP contribution in [0.1, 0.15) is 16.8 Å². The first-order chi connectivity index (χ1) is 10.9. The smallest absolute Gasteiger partial charge is 0.407 e. The van der Waals surface area contributed by atoms with Crippen LogP contribution in [0.3, 0.4) is 0 Å². The van der Waals surface area contributed by atoms with Crippen LogP contribution in [0.4, 0.5) is 16.2 Å². The van der Waals surface area contributed by atoms with Crippen molar-refractivity contribution in [1.29, 1.82) is 0 Å². The average molecular weight is 323 g/mol. The van der Waals surface area contributed by atoms with Crippen molar-refractivity contribution < 1.29 is 24.4 Å². The van der Waals surface area contributed by atoms with E-state index in [0.717, 1.165) is 0 Å². The van der Waals surface area contributed by atoms with Gasteiger partial charge in [0.05, 0.1) is 17.6 Å². The Balaban J connectivity index is 2.10. The van der Waals surface area contributed by atoms with Crippen molar-refractivity contribution in [2.24, 2.45) is 5.92 Å². The van der Waals surface area contributed by atoms with Crippen molar-refractivity contribution in [3.05, 3.63) is 33.9 Å². The lowest BCUT2D eigenvalue weighted by molar-refractivity contribution is -0.384. The van der Waals surface area contributed by atoms with E-state index in [0.29, 0.717) is 26.1 Å². The van der Waals surface area contributed by atoms with E-state index in [9.17, 15) is 19.7 Å². The molecule has 2 rings (SSSR count). The van der Waals surface area contributed by atoms with E-state index in [4.69, 9.17) is 5.11 Å². The number of methoxy groups -OCH3 is 1. The third kappa shape index (κ3) is 3.87. The fraction of sp³-hybridized carbons (Fsp3) is 0.429. The molecular weight excluding hydrogens is 306 g/mol. The average Bonchev–Trinajstić information content (AvgIpc) is 3.01. The lowest BCUT2D eigenvalue weighted by Gasteiger charge is -2.14. The highest BCUT2D eigenvalue weighted by atomic mass is 16.6. The van der Waals surface area contributed by atoms with Crippen LogP contribution in [0.2, 0.25) is 0 Å². The number of hydrogen-bond acceptors (Lipinski definition) is 6. The Morgan fingerprint density at radius 3 is 2.83 bits per heavy atom. The maximum absolute atomic E-state index is 11.5. The number of carboxylic acid groups (broad SMARTS) is 1. The van der Waals surface area contributed by atoms with E-state index in [2.05, 4.69) is 10.1 Å². The number of nitro groups is 1. The highest BCUT2D eigenvalue weighted by molar-refractivity contribution is 5.91. The molecule has 1 aliphatic rings. The Morgan fingerprint density at radius 2 is 2.26 bits per heavy atom. The molecule has 9 heteroatoms. The van der Waals surface area contributed by atoms with Gasteiger partial charge in [-0.3, -0.25) is 10.1 Å². The summed E-state index contributed by atoms with van der Waals surface area (Å²) in [5.41, 5.74) is 0.275. The van der Waals surface area contributed by atoms with Crippen LogP contribution in [0.15, 0.2) is 18.2 Å². The van der Waals surface area contributed by atoms with Gasteiger partial charge in [0, 0.05) is 25.7 Å². The van der Waals surface area contributed by atoms with Crippen LogP contribution in [0, 0.1) is 16.0 Å². The molecule has 1 heterocycles. The molecule has 1 atom stereocenters. The Labute approximate surface area is 132 Å². The summed E-state index contributed by atoms with van der Waals surface area (Å²) in [4.78, 5) is 34.3. The monoisotopic (exact) mass is 323 g/mol. The summed E-state index contributed by atoms with van der Waals surface area (Å²) < 4.78 is 4.60. The third-order valence-electron chi connectivity index (χ3n) is 3.75. The van der Waals surface area contributed by atoms with Crippen LogP contribution in [0.25, 0.3) is 0 Å². The summed E-state index contributed by atoms with van der Waals surface area (Å²) in [7, 11) is 1.23. The molecule has 0 aromatic heterocycles. The minimum Gasteiger partial charge on any atom is -0.465 e. The fourth-order valence-corrected chi connectivity index (χ4v) is 2.51. The number of nitro benzene ring substituents is 1. The number of likely N-dealkylation sites (tertiary alicyclic amines) is 1. The number of benzene rings is 1. The van der Waals surface area contributed by atoms with Gasteiger partial charge in [-0.15, -0.1) is 0 Å². The fourth-order valence-electron chi connectivity index (χ4n) is 2.51. The first-order valence-corrected chi connectivity index (χ1v) is 7.01. The first-order valence-electron chi connectivity index (χ1n) is 7.01. The maximum Gasteiger partial charge on any atom is 0.407 e. The number of carbonyl (C=O) groups is 2. The summed E-state index contributed by atoms with van der Waals surface area (Å²) >= 11 is 0. The van der Waals surface area contributed by atoms with Gasteiger partial charge in [0.25, 0.3) is 5.69 Å². The van der Waals surface area contributed by atoms with E-state index in [1.165, 1.54) is 30.2 Å². The van der Waals surface area contributed by atoms with Gasteiger partial charge in [0.1, 0.15) is 5.69 Å². The number of nitrogens with one attached hydrogen (secondary N) is 1. The van der Waals surface area contributed by atoms with Crippen LogP contribution >= 0.6 is 0 Å². The number of hydrogen-bond donors (Lipinski definition) is 2. The van der Waals surface area contributed by atoms with E-state index in [1.54, 1.807) is 0 Å². The van der Waals surface area contributed by atoms with Crippen molar-refractivity contribution in [3.63, 3.8) is 0 Å². The predicted octanol–water partition coefficient (Wildman–Crippen LogP) is 1.79. The number of nitrogens with zero attached hydrogens (tertiary/aromatic N) is 2. The predicted molar refractivity (Wildman–Crippen MR) is 80.6 cm³/mol. The van der Waals surface area contributed by atoms with Gasteiger partial charge < -0.3 is 20.1 Å². The third-order valence-corrected chi connectivity index (χ3v) is 3.75. The van der Waals surface area contributed by atoms with E-state index < -0.39 is 17.0 Å². The second-order valence-corrected chi connectivity index (χ2v) is 5.24. The minimum absolute atomic E-state index is 0.0625. The Bertz CT molecular complexity index is 633. The highest BCUT2D eigenvalue weighted by Crippen LogP contribution is 2.27. The summed E-state index contributed by atoms with van der Waals surface area (Å²) in [5, 5.41) is 22.9. The van der Waals surface area contributed by atoms with Crippen molar-refractivity contribution in [1.82, 2.24) is 4.90 Å². The molecule has 124 valence electrons.